The topological polar surface area (TPSA) is 9.72 Å². The predicted octanol–water partition coefficient (Wildman–Crippen LogP) is 11.9. The summed E-state index contributed by atoms with van der Waals surface area (Å²) in [5.74, 6) is 0. The van der Waals surface area contributed by atoms with Gasteiger partial charge in [0.2, 0.25) is 0 Å². The van der Waals surface area contributed by atoms with Gasteiger partial charge in [-0.3, -0.25) is 0 Å². The maximum Gasteiger partial charge on any atom is 0.252 e. The molecule has 0 spiro atoms. The second-order valence-electron chi connectivity index (χ2n) is 17.3. The quantitative estimate of drug-likeness (QED) is 0.164. The van der Waals surface area contributed by atoms with E-state index in [4.69, 9.17) is 0 Å². The average Bonchev–Trinajstić information content (AvgIpc) is 3.49. The van der Waals surface area contributed by atoms with Crippen LogP contribution >= 0.6 is 0 Å². The first-order valence-electron chi connectivity index (χ1n) is 20.1. The van der Waals surface area contributed by atoms with E-state index < -0.39 is 0 Å². The largest absolute Gasteiger partial charge is 0.311 e. The molecule has 274 valence electrons. The van der Waals surface area contributed by atoms with Gasteiger partial charge in [-0.25, -0.2) is 0 Å². The second-order valence-corrected chi connectivity index (χ2v) is 17.3. The van der Waals surface area contributed by atoms with Crippen molar-refractivity contribution in [2.45, 2.75) is 61.3 Å². The summed E-state index contributed by atoms with van der Waals surface area (Å²) in [6.45, 7) is 16.0. The Morgan fingerprint density at radius 1 is 0.446 bits per heavy atom. The monoisotopic (exact) mass is 725 g/mol. The van der Waals surface area contributed by atoms with Crippen LogP contribution in [0.15, 0.2) is 140 Å². The van der Waals surface area contributed by atoms with E-state index in [0.29, 0.717) is 0 Å². The van der Waals surface area contributed by atoms with Gasteiger partial charge in [-0.1, -0.05) is 91.7 Å². The van der Waals surface area contributed by atoms with Gasteiger partial charge in [-0.15, -0.1) is 0 Å². The molecule has 7 aromatic rings. The molecule has 3 nitrogen and oxygen atoms in total. The molecule has 0 bridgehead atoms. The third-order valence-corrected chi connectivity index (χ3v) is 12.4. The van der Waals surface area contributed by atoms with Crippen molar-refractivity contribution >= 4 is 74.3 Å². The number of nitrogens with zero attached hydrogens (tertiary/aromatic N) is 3. The molecule has 7 aromatic carbocycles. The molecule has 2 aliphatic heterocycles. The van der Waals surface area contributed by atoms with E-state index in [1.165, 1.54) is 89.5 Å². The Hall–Kier alpha value is -6.00. The van der Waals surface area contributed by atoms with E-state index in [1.807, 2.05) is 0 Å². The molecule has 2 heterocycles. The van der Waals surface area contributed by atoms with Crippen molar-refractivity contribution in [3.8, 4) is 0 Å². The van der Waals surface area contributed by atoms with Crippen LogP contribution in [-0.4, -0.2) is 6.71 Å². The van der Waals surface area contributed by atoms with Crippen LogP contribution in [0.25, 0.3) is 0 Å². The standard InChI is InChI=1S/C52H48BN3/c1-33-16-20-40(21-17-33)54(41-22-18-34(2)19-23-41)42-24-25-47-44(30-42)53-43-28-38-31-52(6,7)32-39(38)29-48(43)56(46-15-11-9-13-37(46)5)50-27-35(3)26-49(51(50)53)55(47)45-14-10-8-12-36(45)4/h8-30H,31-32H2,1-7H3. The van der Waals surface area contributed by atoms with Crippen molar-refractivity contribution in [2.24, 2.45) is 5.41 Å². The fourth-order valence-electron chi connectivity index (χ4n) is 9.80. The highest BCUT2D eigenvalue weighted by atomic mass is 15.2. The zero-order valence-electron chi connectivity index (χ0n) is 33.6. The molecular formula is C52H48BN3. The van der Waals surface area contributed by atoms with E-state index in [2.05, 4.69) is 203 Å². The lowest BCUT2D eigenvalue weighted by Gasteiger charge is -2.45. The average molecular weight is 726 g/mol. The summed E-state index contributed by atoms with van der Waals surface area (Å²) in [5.41, 5.74) is 24.6. The summed E-state index contributed by atoms with van der Waals surface area (Å²) in [5, 5.41) is 0. The molecule has 56 heavy (non-hydrogen) atoms. The van der Waals surface area contributed by atoms with Crippen molar-refractivity contribution in [3.05, 3.63) is 178 Å². The van der Waals surface area contributed by atoms with Crippen molar-refractivity contribution in [1.29, 1.82) is 0 Å². The van der Waals surface area contributed by atoms with E-state index in [0.717, 1.165) is 29.9 Å². The normalized spacial score (nSPS) is 14.6. The molecule has 0 atom stereocenters. The van der Waals surface area contributed by atoms with Gasteiger partial charge in [0.05, 0.1) is 0 Å². The van der Waals surface area contributed by atoms with Crippen LogP contribution in [-0.2, 0) is 12.8 Å². The summed E-state index contributed by atoms with van der Waals surface area (Å²) >= 11 is 0. The van der Waals surface area contributed by atoms with Crippen LogP contribution in [0.3, 0.4) is 0 Å². The first-order chi connectivity index (χ1) is 27.0. The smallest absolute Gasteiger partial charge is 0.252 e. The molecule has 0 saturated heterocycles. The number of aryl methyl sites for hydroxylation is 5. The third kappa shape index (κ3) is 5.49. The Labute approximate surface area is 333 Å². The molecule has 0 amide bonds. The van der Waals surface area contributed by atoms with Gasteiger partial charge < -0.3 is 14.7 Å². The summed E-state index contributed by atoms with van der Waals surface area (Å²) < 4.78 is 0. The van der Waals surface area contributed by atoms with Gasteiger partial charge in [0, 0.05) is 51.2 Å². The molecule has 1 aliphatic carbocycles. The Morgan fingerprint density at radius 3 is 1.48 bits per heavy atom. The molecular weight excluding hydrogens is 677 g/mol. The first kappa shape index (κ1) is 34.5. The fourth-order valence-corrected chi connectivity index (χ4v) is 9.80. The minimum absolute atomic E-state index is 0.0398. The Kier molecular flexibility index (Phi) is 7.87. The highest BCUT2D eigenvalue weighted by Crippen LogP contribution is 2.48. The number of fused-ring (bicyclic) bond motifs is 5. The third-order valence-electron chi connectivity index (χ3n) is 12.4. The summed E-state index contributed by atoms with van der Waals surface area (Å²) in [6, 6.07) is 52.9. The van der Waals surface area contributed by atoms with E-state index in [1.54, 1.807) is 0 Å². The minimum atomic E-state index is 0.0398. The molecule has 3 aliphatic rings. The van der Waals surface area contributed by atoms with Crippen LogP contribution in [0.2, 0.25) is 0 Å². The van der Waals surface area contributed by atoms with E-state index in [-0.39, 0.29) is 12.1 Å². The number of para-hydroxylation sites is 2. The Bertz CT molecular complexity index is 2650. The van der Waals surface area contributed by atoms with Crippen molar-refractivity contribution in [3.63, 3.8) is 0 Å². The van der Waals surface area contributed by atoms with Gasteiger partial charge in [-0.2, -0.15) is 0 Å². The Morgan fingerprint density at radius 2 is 0.929 bits per heavy atom. The van der Waals surface area contributed by atoms with Crippen molar-refractivity contribution in [1.82, 2.24) is 0 Å². The molecule has 0 unspecified atom stereocenters. The highest BCUT2D eigenvalue weighted by molar-refractivity contribution is 7.00. The number of anilines is 9. The number of hydrogen-bond donors (Lipinski definition) is 0. The van der Waals surface area contributed by atoms with Gasteiger partial charge in [-0.05, 0) is 170 Å². The number of hydrogen-bond acceptors (Lipinski definition) is 3. The number of rotatable bonds is 5. The minimum Gasteiger partial charge on any atom is -0.311 e. The van der Waals surface area contributed by atoms with Crippen molar-refractivity contribution < 1.29 is 0 Å². The molecule has 0 N–H and O–H groups in total. The van der Waals surface area contributed by atoms with Crippen LogP contribution < -0.4 is 31.1 Å². The SMILES string of the molecule is Cc1ccc(N(c2ccc(C)cc2)c2ccc3c(c2)B2c4cc5c(cc4N(c4ccccc4C)c4cc(C)cc(c42)N3c2ccccc2C)CC(C)(C)C5)cc1. The van der Waals surface area contributed by atoms with Gasteiger partial charge >= 0.3 is 0 Å². The van der Waals surface area contributed by atoms with Crippen LogP contribution in [0.5, 0.6) is 0 Å². The van der Waals surface area contributed by atoms with Crippen molar-refractivity contribution in [2.75, 3.05) is 14.7 Å². The predicted molar refractivity (Wildman–Crippen MR) is 240 cm³/mol. The van der Waals surface area contributed by atoms with E-state index in [9.17, 15) is 0 Å². The summed E-state index contributed by atoms with van der Waals surface area (Å²) in [4.78, 5) is 7.57. The molecule has 4 heteroatoms. The lowest BCUT2D eigenvalue weighted by Crippen LogP contribution is -2.61. The van der Waals surface area contributed by atoms with Crippen LogP contribution in [0.1, 0.15) is 52.8 Å². The maximum atomic E-state index is 2.60. The lowest BCUT2D eigenvalue weighted by atomic mass is 9.33. The van der Waals surface area contributed by atoms with E-state index >= 15 is 0 Å². The van der Waals surface area contributed by atoms with Gasteiger partial charge in [0.15, 0.2) is 0 Å². The van der Waals surface area contributed by atoms with Crippen LogP contribution in [0.4, 0.5) is 51.2 Å². The second kappa shape index (κ2) is 12.8. The zero-order valence-corrected chi connectivity index (χ0v) is 33.6. The lowest BCUT2D eigenvalue weighted by molar-refractivity contribution is 0.392. The molecule has 0 aromatic heterocycles. The maximum absolute atomic E-state index is 2.60. The molecule has 0 fully saturated rings. The van der Waals surface area contributed by atoms with Crippen LogP contribution in [0, 0.1) is 40.0 Å². The van der Waals surface area contributed by atoms with Gasteiger partial charge in [0.25, 0.3) is 6.71 Å². The van der Waals surface area contributed by atoms with Gasteiger partial charge in [0.1, 0.15) is 0 Å². The molecule has 10 rings (SSSR count). The Balaban J connectivity index is 1.30. The summed E-state index contributed by atoms with van der Waals surface area (Å²) in [6.07, 6.45) is 2.19. The molecule has 0 saturated carbocycles. The molecule has 0 radical (unpaired) electrons. The first-order valence-corrected chi connectivity index (χ1v) is 20.1. The highest BCUT2D eigenvalue weighted by Gasteiger charge is 2.45. The summed E-state index contributed by atoms with van der Waals surface area (Å²) in [7, 11) is 0. The number of benzene rings is 7. The fraction of sp³-hybridized carbons (Fsp3) is 0.192. The zero-order chi connectivity index (χ0) is 38.5.